The molecule has 0 saturated heterocycles. The number of hydrogen-bond acceptors (Lipinski definition) is 8. The lowest BCUT2D eigenvalue weighted by Crippen LogP contribution is -2.75. The van der Waals surface area contributed by atoms with Gasteiger partial charge in [-0.05, 0) is 75.9 Å². The van der Waals surface area contributed by atoms with Gasteiger partial charge < -0.3 is 26.0 Å². The number of phenolic OH excluding ortho intramolecular Hbond substituents is 1. The number of rotatable bonds is 4. The van der Waals surface area contributed by atoms with Crippen LogP contribution < -0.4 is 5.73 Å². The molecule has 0 aliphatic heterocycles. The summed E-state index contributed by atoms with van der Waals surface area (Å²) >= 11 is 0. The van der Waals surface area contributed by atoms with Gasteiger partial charge in [0.1, 0.15) is 11.7 Å². The number of primary amides is 1. The summed E-state index contributed by atoms with van der Waals surface area (Å²) in [7, 11) is 3.25. The third-order valence-corrected chi connectivity index (χ3v) is 8.95. The van der Waals surface area contributed by atoms with Gasteiger partial charge in [0, 0.05) is 12.0 Å². The zero-order valence-corrected chi connectivity index (χ0v) is 22.5. The minimum Gasteiger partial charge on any atom is -0.507 e. The van der Waals surface area contributed by atoms with Crippen LogP contribution in [-0.4, -0.2) is 75.3 Å². The van der Waals surface area contributed by atoms with E-state index in [-0.39, 0.29) is 24.2 Å². The first kappa shape index (κ1) is 27.2. The second-order valence-electron chi connectivity index (χ2n) is 11.7. The Labute approximate surface area is 226 Å². The number of aliphatic hydroxyl groups is 2. The van der Waals surface area contributed by atoms with E-state index >= 15 is 0 Å². The summed E-state index contributed by atoms with van der Waals surface area (Å²) in [6, 6.07) is 8.50. The van der Waals surface area contributed by atoms with Crippen molar-refractivity contribution < 1.29 is 34.5 Å². The number of amides is 1. The lowest BCUT2D eigenvalue weighted by Gasteiger charge is -2.54. The van der Waals surface area contributed by atoms with E-state index in [0.29, 0.717) is 12.0 Å². The summed E-state index contributed by atoms with van der Waals surface area (Å²) in [5.74, 6) is -8.97. The molecule has 5 rings (SSSR count). The molecule has 1 amide bonds. The average molecular weight is 535 g/mol. The minimum absolute atomic E-state index is 0.0347. The summed E-state index contributed by atoms with van der Waals surface area (Å²) in [5, 5.41) is 33.4. The number of carbonyl (C=O) groups is 4. The molecule has 2 fully saturated rings. The van der Waals surface area contributed by atoms with Crippen molar-refractivity contribution in [2.45, 2.75) is 50.9 Å². The maximum atomic E-state index is 13.9. The highest BCUT2D eigenvalue weighted by molar-refractivity contribution is 6.25. The SMILES string of the molecule is Cc1cc(C)cc(Cc2ccc(O)c3c2C[C@@H]2C[C@@H]4[C@@H](N(C)C)C(O)C(C(N)=O)C(=O)[C@]4(O)C(=O)C2C3=O)c1. The van der Waals surface area contributed by atoms with Crippen LogP contribution in [0.15, 0.2) is 30.3 Å². The molecule has 0 radical (unpaired) electrons. The van der Waals surface area contributed by atoms with Gasteiger partial charge >= 0.3 is 0 Å². The van der Waals surface area contributed by atoms with Gasteiger partial charge in [0.05, 0.1) is 17.6 Å². The van der Waals surface area contributed by atoms with Gasteiger partial charge in [-0.25, -0.2) is 0 Å². The molecule has 0 spiro atoms. The van der Waals surface area contributed by atoms with E-state index in [1.54, 1.807) is 25.1 Å². The summed E-state index contributed by atoms with van der Waals surface area (Å²) in [4.78, 5) is 54.9. The van der Waals surface area contributed by atoms with Crippen molar-refractivity contribution in [1.29, 1.82) is 0 Å². The first-order valence-electron chi connectivity index (χ1n) is 13.2. The summed E-state index contributed by atoms with van der Waals surface area (Å²) < 4.78 is 0. The fourth-order valence-electron chi connectivity index (χ4n) is 7.44. The Hall–Kier alpha value is -3.40. The molecule has 2 saturated carbocycles. The molecule has 2 aromatic carbocycles. The monoisotopic (exact) mass is 534 g/mol. The van der Waals surface area contributed by atoms with Crippen LogP contribution >= 0.6 is 0 Å². The van der Waals surface area contributed by atoms with E-state index < -0.39 is 64.7 Å². The second kappa shape index (κ2) is 9.36. The molecule has 2 aromatic rings. The van der Waals surface area contributed by atoms with Crippen LogP contribution in [0.4, 0.5) is 0 Å². The molecule has 3 unspecified atom stereocenters. The van der Waals surface area contributed by atoms with Gasteiger partial charge in [0.2, 0.25) is 5.91 Å². The fourth-order valence-corrected chi connectivity index (χ4v) is 7.44. The summed E-state index contributed by atoms with van der Waals surface area (Å²) in [5.41, 5.74) is 7.56. The van der Waals surface area contributed by atoms with Crippen molar-refractivity contribution in [3.8, 4) is 5.75 Å². The lowest BCUT2D eigenvalue weighted by atomic mass is 9.52. The number of carbonyl (C=O) groups excluding carboxylic acids is 4. The van der Waals surface area contributed by atoms with Crippen LogP contribution in [0.5, 0.6) is 5.75 Å². The molecular weight excluding hydrogens is 500 g/mol. The Bertz CT molecular complexity index is 1400. The molecule has 0 heterocycles. The zero-order chi connectivity index (χ0) is 28.5. The number of aryl methyl sites for hydroxylation is 2. The number of likely N-dealkylation sites (N-methyl/N-ethyl adjacent to an activating group) is 1. The van der Waals surface area contributed by atoms with Crippen LogP contribution in [-0.2, 0) is 27.2 Å². The van der Waals surface area contributed by atoms with Crippen LogP contribution in [0.3, 0.4) is 0 Å². The number of ketones is 3. The number of Topliss-reactive ketones (excluding diaryl/α,β-unsaturated/α-hetero) is 3. The Morgan fingerprint density at radius 3 is 2.31 bits per heavy atom. The minimum atomic E-state index is -2.66. The number of nitrogens with two attached hydrogens (primary N) is 1. The number of aliphatic hydroxyl groups excluding tert-OH is 1. The van der Waals surface area contributed by atoms with Gasteiger partial charge in [-0.1, -0.05) is 35.4 Å². The van der Waals surface area contributed by atoms with Crippen LogP contribution in [0.25, 0.3) is 0 Å². The van der Waals surface area contributed by atoms with Crippen molar-refractivity contribution in [3.05, 3.63) is 63.7 Å². The topological polar surface area (TPSA) is 158 Å². The highest BCUT2D eigenvalue weighted by atomic mass is 16.3. The van der Waals surface area contributed by atoms with Crippen molar-refractivity contribution >= 4 is 23.3 Å². The van der Waals surface area contributed by atoms with E-state index in [1.807, 2.05) is 13.8 Å². The Balaban J connectivity index is 1.60. The second-order valence-corrected chi connectivity index (χ2v) is 11.7. The normalized spacial score (nSPS) is 32.0. The Kier molecular flexibility index (Phi) is 6.52. The third-order valence-electron chi connectivity index (χ3n) is 8.95. The predicted octanol–water partition coefficient (Wildman–Crippen LogP) is 0.866. The summed E-state index contributed by atoms with van der Waals surface area (Å²) in [6.45, 7) is 4.02. The largest absolute Gasteiger partial charge is 0.507 e. The highest BCUT2D eigenvalue weighted by Gasteiger charge is 2.69. The van der Waals surface area contributed by atoms with Crippen LogP contribution in [0.1, 0.15) is 44.6 Å². The predicted molar refractivity (Wildman–Crippen MR) is 141 cm³/mol. The Morgan fingerprint density at radius 2 is 1.72 bits per heavy atom. The Morgan fingerprint density at radius 1 is 1.08 bits per heavy atom. The maximum absolute atomic E-state index is 13.9. The molecular formula is C30H34N2O7. The van der Waals surface area contributed by atoms with Crippen molar-refractivity contribution in [2.24, 2.45) is 29.4 Å². The van der Waals surface area contributed by atoms with Gasteiger partial charge in [0.25, 0.3) is 0 Å². The first-order chi connectivity index (χ1) is 18.3. The quantitative estimate of drug-likeness (QED) is 0.421. The average Bonchev–Trinajstić information content (AvgIpc) is 2.82. The van der Waals surface area contributed by atoms with E-state index in [2.05, 4.69) is 18.2 Å². The molecule has 39 heavy (non-hydrogen) atoms. The molecule has 9 heteroatoms. The van der Waals surface area contributed by atoms with Gasteiger partial charge in [-0.2, -0.15) is 0 Å². The van der Waals surface area contributed by atoms with Crippen LogP contribution in [0, 0.1) is 37.5 Å². The highest BCUT2D eigenvalue weighted by Crippen LogP contribution is 2.51. The van der Waals surface area contributed by atoms with Crippen molar-refractivity contribution in [2.75, 3.05) is 14.1 Å². The molecule has 5 N–H and O–H groups in total. The molecule has 0 bridgehead atoms. The van der Waals surface area contributed by atoms with E-state index in [0.717, 1.165) is 22.3 Å². The summed E-state index contributed by atoms with van der Waals surface area (Å²) in [6.07, 6.45) is -0.624. The van der Waals surface area contributed by atoms with Gasteiger partial charge in [-0.15, -0.1) is 0 Å². The van der Waals surface area contributed by atoms with Gasteiger partial charge in [0.15, 0.2) is 23.0 Å². The van der Waals surface area contributed by atoms with Gasteiger partial charge in [-0.3, -0.25) is 19.2 Å². The number of hydrogen-bond donors (Lipinski definition) is 4. The lowest BCUT2D eigenvalue weighted by molar-refractivity contribution is -0.190. The molecule has 206 valence electrons. The number of fused-ring (bicyclic) bond motifs is 3. The van der Waals surface area contributed by atoms with E-state index in [1.165, 1.54) is 6.07 Å². The molecule has 3 aliphatic rings. The van der Waals surface area contributed by atoms with Crippen molar-refractivity contribution in [3.63, 3.8) is 0 Å². The number of aromatic hydroxyl groups is 1. The molecule has 0 aromatic heterocycles. The third kappa shape index (κ3) is 4.02. The maximum Gasteiger partial charge on any atom is 0.230 e. The van der Waals surface area contributed by atoms with E-state index in [4.69, 9.17) is 5.73 Å². The number of nitrogens with zero attached hydrogens (tertiary/aromatic N) is 1. The van der Waals surface area contributed by atoms with Crippen LogP contribution in [0.2, 0.25) is 0 Å². The molecule has 3 aliphatic carbocycles. The van der Waals surface area contributed by atoms with E-state index in [9.17, 15) is 34.5 Å². The standard InChI is InChI=1S/C30H34N2O7/c1-13-7-14(2)9-15(8-13)10-16-5-6-20(33)22-18(16)11-17-12-19-24(32(3)4)26(35)23(29(31)38)28(37)30(19,39)27(36)21(17)25(22)34/h5-9,17,19,21,23-24,26,33,35,39H,10-12H2,1-4H3,(H2,31,38)/t17-,19-,21?,23?,24-,26?,30-/m1/s1. The first-order valence-corrected chi connectivity index (χ1v) is 13.2. The fraction of sp³-hybridized carbons (Fsp3) is 0.467. The number of benzene rings is 2. The smallest absolute Gasteiger partial charge is 0.230 e. The van der Waals surface area contributed by atoms with Crippen molar-refractivity contribution in [1.82, 2.24) is 4.90 Å². The zero-order valence-electron chi connectivity index (χ0n) is 22.5. The number of phenols is 1. The molecule has 7 atom stereocenters. The molecule has 9 nitrogen and oxygen atoms in total.